The first-order valence-corrected chi connectivity index (χ1v) is 14.3. The Hall–Kier alpha value is -0.870. The van der Waals surface area contributed by atoms with E-state index in [1.54, 1.807) is 31.2 Å². The molecule has 1 N–H and O–H groups in total. The standard InChI is InChI=1S/C27H28Br2O5S.Na/c1-13(2)17-11-20(15(5)23(28)25(17)30)27(19-9-7-8-10-22(19)35(32,33)34-27)21-12-18(14(3)4)26(31)24(29)16(21)6;/h7-14,30-31H,1-6H3;/q;+1/p-1. The van der Waals surface area contributed by atoms with Crippen molar-refractivity contribution in [1.29, 1.82) is 0 Å². The Bertz CT molecular complexity index is 1400. The van der Waals surface area contributed by atoms with Crippen LogP contribution in [-0.4, -0.2) is 13.5 Å². The van der Waals surface area contributed by atoms with Gasteiger partial charge in [0.25, 0.3) is 10.1 Å². The Morgan fingerprint density at radius 1 is 0.889 bits per heavy atom. The van der Waals surface area contributed by atoms with Gasteiger partial charge in [0.05, 0.1) is 4.47 Å². The minimum Gasteiger partial charge on any atom is -0.871 e. The van der Waals surface area contributed by atoms with Crippen LogP contribution in [0.2, 0.25) is 0 Å². The van der Waals surface area contributed by atoms with E-state index in [1.165, 1.54) is 6.07 Å². The van der Waals surface area contributed by atoms with Crippen LogP contribution in [0.4, 0.5) is 0 Å². The van der Waals surface area contributed by atoms with Crippen LogP contribution >= 0.6 is 31.9 Å². The van der Waals surface area contributed by atoms with Crippen LogP contribution in [0.5, 0.6) is 11.5 Å². The third-order valence-electron chi connectivity index (χ3n) is 6.78. The summed E-state index contributed by atoms with van der Waals surface area (Å²) in [5, 5.41) is 23.9. The molecule has 1 atom stereocenters. The molecular weight excluding hydrogens is 619 g/mol. The van der Waals surface area contributed by atoms with Gasteiger partial charge in [0, 0.05) is 10.0 Å². The van der Waals surface area contributed by atoms with E-state index < -0.39 is 15.7 Å². The van der Waals surface area contributed by atoms with Crippen LogP contribution in [0.1, 0.15) is 78.5 Å². The van der Waals surface area contributed by atoms with Crippen LogP contribution in [0.15, 0.2) is 50.2 Å². The minimum absolute atomic E-state index is 0. The van der Waals surface area contributed by atoms with Gasteiger partial charge in [-0.15, -0.1) is 0 Å². The Kier molecular flexibility index (Phi) is 8.54. The van der Waals surface area contributed by atoms with E-state index in [-0.39, 0.29) is 57.8 Å². The molecule has 3 aromatic carbocycles. The summed E-state index contributed by atoms with van der Waals surface area (Å²) in [6.45, 7) is 11.4. The van der Waals surface area contributed by atoms with Gasteiger partial charge in [-0.25, -0.2) is 4.18 Å². The van der Waals surface area contributed by atoms with E-state index in [4.69, 9.17) is 4.18 Å². The van der Waals surface area contributed by atoms with Crippen LogP contribution in [0, 0.1) is 13.8 Å². The maximum absolute atomic E-state index is 13.4. The van der Waals surface area contributed by atoms with Crippen LogP contribution in [-0.2, 0) is 19.9 Å². The maximum Gasteiger partial charge on any atom is 1.00 e. The molecule has 0 aliphatic carbocycles. The van der Waals surface area contributed by atoms with Gasteiger partial charge in [0.2, 0.25) is 0 Å². The molecule has 0 saturated carbocycles. The Morgan fingerprint density at radius 3 is 1.94 bits per heavy atom. The molecule has 0 aromatic heterocycles. The summed E-state index contributed by atoms with van der Waals surface area (Å²) in [5.74, 6) is -0.153. The van der Waals surface area contributed by atoms with Crippen LogP contribution in [0.3, 0.4) is 0 Å². The molecule has 1 aliphatic rings. The van der Waals surface area contributed by atoms with Gasteiger partial charge in [-0.3, -0.25) is 0 Å². The van der Waals surface area contributed by atoms with Crippen LogP contribution < -0.4 is 34.7 Å². The van der Waals surface area contributed by atoms with E-state index in [9.17, 15) is 18.6 Å². The largest absolute Gasteiger partial charge is 1.00 e. The van der Waals surface area contributed by atoms with E-state index in [1.807, 2.05) is 40.7 Å². The van der Waals surface area contributed by atoms with Crippen molar-refractivity contribution in [2.24, 2.45) is 0 Å². The fourth-order valence-electron chi connectivity index (χ4n) is 4.85. The molecule has 4 rings (SSSR count). The zero-order valence-corrected chi connectivity index (χ0v) is 27.4. The maximum atomic E-state index is 13.4. The van der Waals surface area contributed by atoms with Gasteiger partial charge < -0.3 is 10.2 Å². The van der Waals surface area contributed by atoms with Gasteiger partial charge in [-0.05, 0) is 81.6 Å². The number of halogens is 2. The second-order valence-corrected chi connectivity index (χ2v) is 12.7. The fraction of sp³-hybridized carbons (Fsp3) is 0.333. The number of aromatic hydroxyl groups is 1. The van der Waals surface area contributed by atoms with Crippen molar-refractivity contribution in [3.05, 3.63) is 84.3 Å². The molecule has 9 heteroatoms. The molecule has 0 fully saturated rings. The van der Waals surface area contributed by atoms with E-state index in [0.29, 0.717) is 47.9 Å². The second kappa shape index (κ2) is 10.4. The molecule has 186 valence electrons. The average molecular weight is 646 g/mol. The summed E-state index contributed by atoms with van der Waals surface area (Å²) in [5.41, 5.74) is 2.53. The average Bonchev–Trinajstić information content (AvgIpc) is 3.03. The molecule has 5 nitrogen and oxygen atoms in total. The number of hydrogen-bond donors (Lipinski definition) is 1. The van der Waals surface area contributed by atoms with Crippen molar-refractivity contribution in [2.75, 3.05) is 0 Å². The summed E-state index contributed by atoms with van der Waals surface area (Å²) >= 11 is 7.01. The molecule has 0 saturated heterocycles. The normalized spacial score (nSPS) is 18.4. The van der Waals surface area contributed by atoms with Gasteiger partial charge in [0.15, 0.2) is 5.60 Å². The molecule has 1 unspecified atom stereocenters. The number of phenolic OH excluding ortho intramolecular Hbond substituents is 1. The summed E-state index contributed by atoms with van der Waals surface area (Å²) in [7, 11) is -4.13. The van der Waals surface area contributed by atoms with Gasteiger partial charge in [0.1, 0.15) is 10.6 Å². The van der Waals surface area contributed by atoms with Gasteiger partial charge in [-0.1, -0.05) is 79.2 Å². The Labute approximate surface area is 252 Å². The van der Waals surface area contributed by atoms with Crippen molar-refractivity contribution in [1.82, 2.24) is 0 Å². The predicted octanol–water partition coefficient (Wildman–Crippen LogP) is 3.87. The predicted molar refractivity (Wildman–Crippen MR) is 142 cm³/mol. The number of fused-ring (bicyclic) bond motifs is 1. The first-order chi connectivity index (χ1) is 16.3. The van der Waals surface area contributed by atoms with E-state index in [2.05, 4.69) is 31.9 Å². The van der Waals surface area contributed by atoms with Crippen molar-refractivity contribution in [2.45, 2.75) is 63.9 Å². The number of rotatable bonds is 4. The first kappa shape index (κ1) is 29.7. The minimum atomic E-state index is -4.13. The quantitative estimate of drug-likeness (QED) is 0.344. The van der Waals surface area contributed by atoms with Crippen LogP contribution in [0.25, 0.3) is 0 Å². The SMILES string of the molecule is Cc1c(C2(c3cc(C(C)C)c(O)c(Br)c3C)OS(=O)(=O)c3ccccc32)cc(C(C)C)c([O-])c1Br.[Na+]. The molecule has 0 bridgehead atoms. The molecule has 0 amide bonds. The van der Waals surface area contributed by atoms with Crippen molar-refractivity contribution in [3.63, 3.8) is 0 Å². The number of phenols is 1. The molecule has 3 aromatic rings. The molecule has 0 radical (unpaired) electrons. The number of benzene rings is 3. The van der Waals surface area contributed by atoms with Gasteiger partial charge in [-0.2, -0.15) is 8.42 Å². The fourth-order valence-corrected chi connectivity index (χ4v) is 7.15. The molecule has 1 heterocycles. The third kappa shape index (κ3) is 4.40. The smallest absolute Gasteiger partial charge is 0.871 e. The van der Waals surface area contributed by atoms with E-state index >= 15 is 0 Å². The summed E-state index contributed by atoms with van der Waals surface area (Å²) in [6, 6.07) is 10.3. The summed E-state index contributed by atoms with van der Waals surface area (Å²) in [6.07, 6.45) is 0. The third-order valence-corrected chi connectivity index (χ3v) is 10.1. The second-order valence-electron chi connectivity index (χ2n) is 9.61. The summed E-state index contributed by atoms with van der Waals surface area (Å²) in [4.78, 5) is 0.0857. The van der Waals surface area contributed by atoms with Crippen molar-refractivity contribution in [3.8, 4) is 11.5 Å². The Morgan fingerprint density at radius 2 is 1.39 bits per heavy atom. The zero-order valence-electron chi connectivity index (χ0n) is 21.4. The first-order valence-electron chi connectivity index (χ1n) is 11.3. The van der Waals surface area contributed by atoms with Gasteiger partial charge >= 0.3 is 29.6 Å². The molecule has 36 heavy (non-hydrogen) atoms. The Balaban J connectivity index is 0.00000361. The molecular formula is C27H27Br2NaO5S. The zero-order chi connectivity index (χ0) is 26.0. The molecule has 1 aliphatic heterocycles. The topological polar surface area (TPSA) is 86.7 Å². The monoisotopic (exact) mass is 644 g/mol. The van der Waals surface area contributed by atoms with Crippen molar-refractivity contribution >= 4 is 42.0 Å². The molecule has 0 spiro atoms. The summed E-state index contributed by atoms with van der Waals surface area (Å²) < 4.78 is 33.8. The number of hydrogen-bond acceptors (Lipinski definition) is 5. The van der Waals surface area contributed by atoms with Crippen molar-refractivity contribution < 1.29 is 52.4 Å². The van der Waals surface area contributed by atoms with E-state index in [0.717, 1.165) is 0 Å².